The number of amides is 1. The van der Waals surface area contributed by atoms with Crippen molar-refractivity contribution in [3.8, 4) is 0 Å². The summed E-state index contributed by atoms with van der Waals surface area (Å²) in [6.45, 7) is 27.2. The van der Waals surface area contributed by atoms with E-state index in [1.807, 2.05) is 32.9 Å². The fourth-order valence-corrected chi connectivity index (χ4v) is 15.8. The molecule has 1 heterocycles. The first-order chi connectivity index (χ1) is 27.0. The third-order valence-corrected chi connectivity index (χ3v) is 19.1. The van der Waals surface area contributed by atoms with Crippen molar-refractivity contribution in [2.24, 2.45) is 56.7 Å². The lowest BCUT2D eigenvalue weighted by atomic mass is 9.32. The first kappa shape index (κ1) is 43.3. The van der Waals surface area contributed by atoms with E-state index in [1.54, 1.807) is 0 Å². The smallest absolute Gasteiger partial charge is 0.338 e. The Kier molecular flexibility index (Phi) is 11.2. The molecule has 7 rings (SSSR count). The van der Waals surface area contributed by atoms with Crippen LogP contribution in [-0.4, -0.2) is 74.3 Å². The van der Waals surface area contributed by atoms with Gasteiger partial charge < -0.3 is 15.0 Å². The molecule has 6 aliphatic rings. The molecule has 9 atom stereocenters. The standard InChI is InChI=1S/C49H72N2O6S/c1-32(2)35-18-23-49(41(52)42(53)50-26-11-27-51-28-30-58(55,56)31-29-51)25-24-47(9)37(40(35)49)16-17-39-46(8)21-19-36(45(6,7)38(46)20-22-48(39,47)10)33-12-14-34(15-13-33)43(54)57-44(3,4)5/h12-15,19,35,37-40H,1,11,16-18,20-31H2,2-10H3,(H,50,53)/t35-,37+,38-,39+,40+,46-,47+,48+,49-/m0/s1. The maximum atomic E-state index is 14.6. The average Bonchev–Trinajstić information content (AvgIpc) is 3.54. The second-order valence-electron chi connectivity index (χ2n) is 21.9. The number of carbonyl (C=O) groups is 3. The fraction of sp³-hybridized carbons (Fsp3) is 0.735. The van der Waals surface area contributed by atoms with Crippen LogP contribution in [-0.2, 0) is 24.2 Å². The molecule has 0 radical (unpaired) electrons. The summed E-state index contributed by atoms with van der Waals surface area (Å²) < 4.78 is 29.3. The summed E-state index contributed by atoms with van der Waals surface area (Å²) >= 11 is 0. The highest BCUT2D eigenvalue weighted by Gasteiger charge is 2.71. The molecule has 1 aromatic rings. The largest absolute Gasteiger partial charge is 0.456 e. The highest BCUT2D eigenvalue weighted by atomic mass is 32.2. The maximum absolute atomic E-state index is 14.6. The van der Waals surface area contributed by atoms with Crippen LogP contribution in [0.15, 0.2) is 42.5 Å². The highest BCUT2D eigenvalue weighted by molar-refractivity contribution is 7.91. The van der Waals surface area contributed by atoms with E-state index >= 15 is 0 Å². The van der Waals surface area contributed by atoms with Gasteiger partial charge in [0.25, 0.3) is 5.91 Å². The predicted molar refractivity (Wildman–Crippen MR) is 232 cm³/mol. The number of Topliss-reactive ketones (excluding diaryl/α,β-unsaturated/α-hetero) is 1. The van der Waals surface area contributed by atoms with Crippen molar-refractivity contribution in [2.45, 2.75) is 132 Å². The van der Waals surface area contributed by atoms with Gasteiger partial charge in [-0.1, -0.05) is 65.0 Å². The third kappa shape index (κ3) is 7.18. The third-order valence-electron chi connectivity index (χ3n) is 17.5. The van der Waals surface area contributed by atoms with Gasteiger partial charge in [-0.25, -0.2) is 13.2 Å². The van der Waals surface area contributed by atoms with E-state index in [0.29, 0.717) is 55.9 Å². The van der Waals surface area contributed by atoms with Crippen molar-refractivity contribution in [3.05, 3.63) is 53.6 Å². The Hall–Kier alpha value is -2.78. The Labute approximate surface area is 349 Å². The number of allylic oxidation sites excluding steroid dienone is 3. The summed E-state index contributed by atoms with van der Waals surface area (Å²) in [5, 5.41) is 3.01. The van der Waals surface area contributed by atoms with Crippen molar-refractivity contribution < 1.29 is 27.5 Å². The molecule has 5 fully saturated rings. The molecular formula is C49H72N2O6S. The molecule has 0 bridgehead atoms. The van der Waals surface area contributed by atoms with Crippen molar-refractivity contribution in [2.75, 3.05) is 37.7 Å². The minimum Gasteiger partial charge on any atom is -0.456 e. The zero-order valence-corrected chi connectivity index (χ0v) is 37.9. The molecule has 0 unspecified atom stereocenters. The van der Waals surface area contributed by atoms with E-state index in [-0.39, 0.29) is 56.8 Å². The van der Waals surface area contributed by atoms with Crippen LogP contribution in [0, 0.1) is 56.7 Å². The first-order valence-electron chi connectivity index (χ1n) is 22.4. The van der Waals surface area contributed by atoms with E-state index in [4.69, 9.17) is 4.74 Å². The minimum absolute atomic E-state index is 0.0421. The summed E-state index contributed by atoms with van der Waals surface area (Å²) in [7, 11) is -2.93. The molecule has 1 aromatic carbocycles. The van der Waals surface area contributed by atoms with Gasteiger partial charge in [-0.05, 0) is 173 Å². The van der Waals surface area contributed by atoms with Crippen molar-refractivity contribution in [1.82, 2.24) is 10.2 Å². The SMILES string of the molecule is C=C(C)[C@@H]1CC[C@]2(C(=O)C(=O)NCCCN3CCS(=O)(=O)CC3)CC[C@]3(C)[C@H](CC[C@@H]4[C@@]5(C)CC=C(c6ccc(C(=O)OC(C)(C)C)cc6)C(C)(C)[C@@H]5CC[C@]43C)[C@@H]12. The van der Waals surface area contributed by atoms with Gasteiger partial charge in [0.05, 0.1) is 17.1 Å². The number of carbonyl (C=O) groups excluding carboxylic acids is 3. The predicted octanol–water partition coefficient (Wildman–Crippen LogP) is 9.10. The molecule has 9 heteroatoms. The summed E-state index contributed by atoms with van der Waals surface area (Å²) in [5.41, 5.74) is 3.34. The average molecular weight is 817 g/mol. The van der Waals surface area contributed by atoms with Crippen molar-refractivity contribution in [3.63, 3.8) is 0 Å². The van der Waals surface area contributed by atoms with Crippen LogP contribution < -0.4 is 5.32 Å². The van der Waals surface area contributed by atoms with Crippen LogP contribution in [0.2, 0.25) is 0 Å². The number of ketones is 1. The van der Waals surface area contributed by atoms with Gasteiger partial charge in [0.2, 0.25) is 5.78 Å². The first-order valence-corrected chi connectivity index (χ1v) is 24.3. The molecule has 0 aromatic heterocycles. The van der Waals surface area contributed by atoms with Crippen LogP contribution in [0.25, 0.3) is 5.57 Å². The summed E-state index contributed by atoms with van der Waals surface area (Å²) in [6, 6.07) is 8.05. The number of rotatable bonds is 9. The lowest BCUT2D eigenvalue weighted by molar-refractivity contribution is -0.224. The van der Waals surface area contributed by atoms with Crippen molar-refractivity contribution >= 4 is 33.1 Å². The molecule has 5 aliphatic carbocycles. The molecule has 8 nitrogen and oxygen atoms in total. The number of sulfone groups is 1. The molecule has 58 heavy (non-hydrogen) atoms. The van der Waals surface area contributed by atoms with E-state index in [0.717, 1.165) is 63.4 Å². The van der Waals surface area contributed by atoms with Crippen LogP contribution in [0.5, 0.6) is 0 Å². The molecule has 1 amide bonds. The summed E-state index contributed by atoms with van der Waals surface area (Å²) in [5.74, 6) is 1.22. The number of nitrogens with one attached hydrogen (secondary N) is 1. The number of ether oxygens (including phenoxy) is 1. The molecule has 1 saturated heterocycles. The normalized spacial score (nSPS) is 37.9. The quantitative estimate of drug-likeness (QED) is 0.115. The monoisotopic (exact) mass is 817 g/mol. The van der Waals surface area contributed by atoms with Gasteiger partial charge in [0.15, 0.2) is 9.84 Å². The lowest BCUT2D eigenvalue weighted by Gasteiger charge is -2.72. The Balaban J connectivity index is 1.09. The molecule has 1 N–H and O–H groups in total. The second kappa shape index (κ2) is 15.0. The molecule has 0 spiro atoms. The topological polar surface area (TPSA) is 110 Å². The summed E-state index contributed by atoms with van der Waals surface area (Å²) in [6.07, 6.45) is 12.2. The Morgan fingerprint density at radius 2 is 1.55 bits per heavy atom. The number of hydrogen-bond donors (Lipinski definition) is 1. The zero-order valence-electron chi connectivity index (χ0n) is 37.1. The fourth-order valence-electron chi connectivity index (χ4n) is 14.5. The van der Waals surface area contributed by atoms with Crippen LogP contribution in [0.4, 0.5) is 0 Å². The zero-order chi connectivity index (χ0) is 42.3. The van der Waals surface area contributed by atoms with Gasteiger partial charge in [-0.15, -0.1) is 0 Å². The summed E-state index contributed by atoms with van der Waals surface area (Å²) in [4.78, 5) is 43.4. The van der Waals surface area contributed by atoms with E-state index < -0.39 is 26.8 Å². The lowest BCUT2D eigenvalue weighted by Crippen LogP contribution is -2.66. The number of fused-ring (bicyclic) bond motifs is 7. The maximum Gasteiger partial charge on any atom is 0.338 e. The van der Waals surface area contributed by atoms with Crippen LogP contribution >= 0.6 is 0 Å². The van der Waals surface area contributed by atoms with Crippen molar-refractivity contribution in [1.29, 1.82) is 0 Å². The number of nitrogens with zero attached hydrogens (tertiary/aromatic N) is 1. The Bertz CT molecular complexity index is 1950. The van der Waals surface area contributed by atoms with Crippen LogP contribution in [0.3, 0.4) is 0 Å². The molecule has 1 aliphatic heterocycles. The highest BCUT2D eigenvalue weighted by Crippen LogP contribution is 2.77. The van der Waals surface area contributed by atoms with Gasteiger partial charge in [-0.2, -0.15) is 0 Å². The number of benzene rings is 1. The Morgan fingerprint density at radius 1 is 0.879 bits per heavy atom. The van der Waals surface area contributed by atoms with Gasteiger partial charge in [-0.3, -0.25) is 9.59 Å². The number of esters is 1. The molecule has 4 saturated carbocycles. The Morgan fingerprint density at radius 3 is 2.19 bits per heavy atom. The minimum atomic E-state index is -2.93. The second-order valence-corrected chi connectivity index (χ2v) is 24.2. The molecular weight excluding hydrogens is 745 g/mol. The van der Waals surface area contributed by atoms with Gasteiger partial charge in [0.1, 0.15) is 5.60 Å². The van der Waals surface area contributed by atoms with Gasteiger partial charge >= 0.3 is 5.97 Å². The van der Waals surface area contributed by atoms with E-state index in [2.05, 4.69) is 76.5 Å². The van der Waals surface area contributed by atoms with Gasteiger partial charge in [0, 0.05) is 25.0 Å². The van der Waals surface area contributed by atoms with Crippen LogP contribution in [0.1, 0.15) is 142 Å². The van der Waals surface area contributed by atoms with E-state index in [9.17, 15) is 22.8 Å². The number of hydrogen-bond acceptors (Lipinski definition) is 7. The van der Waals surface area contributed by atoms with E-state index in [1.165, 1.54) is 11.1 Å². The molecule has 320 valence electrons.